The average molecular weight is 658 g/mol. The van der Waals surface area contributed by atoms with E-state index in [1.165, 1.54) is 0 Å². The van der Waals surface area contributed by atoms with E-state index in [1.54, 1.807) is 18.6 Å². The summed E-state index contributed by atoms with van der Waals surface area (Å²) < 4.78 is 36.6. The van der Waals surface area contributed by atoms with Gasteiger partial charge in [0.1, 0.15) is 22.4 Å². The third-order valence-corrected chi connectivity index (χ3v) is 9.46. The van der Waals surface area contributed by atoms with Gasteiger partial charge in [-0.1, -0.05) is 0 Å². The van der Waals surface area contributed by atoms with Gasteiger partial charge in [-0.2, -0.15) is 8.84 Å². The average Bonchev–Trinajstić information content (AvgIpc) is 3.13. The first-order valence-electron chi connectivity index (χ1n) is 15.1. The number of halogens is 2. The first-order valence-corrected chi connectivity index (χ1v) is 15.8. The predicted octanol–water partition coefficient (Wildman–Crippen LogP) is 3.10. The molecule has 2 fully saturated rings. The van der Waals surface area contributed by atoms with Crippen molar-refractivity contribution in [3.63, 3.8) is 0 Å². The Balaban J connectivity index is 1.32. The summed E-state index contributed by atoms with van der Waals surface area (Å²) in [6, 6.07) is 0. The minimum Gasteiger partial charge on any atom is -0.380 e. The van der Waals surface area contributed by atoms with E-state index in [2.05, 4.69) is 0 Å². The first kappa shape index (κ1) is 38.4. The van der Waals surface area contributed by atoms with Crippen LogP contribution in [-0.4, -0.2) is 145 Å². The summed E-state index contributed by atoms with van der Waals surface area (Å²) in [7, 11) is 0. The van der Waals surface area contributed by atoms with Crippen LogP contribution in [0.1, 0.15) is 61.8 Å². The smallest absolute Gasteiger partial charge is 0.245 e. The van der Waals surface area contributed by atoms with E-state index in [9.17, 15) is 9.59 Å². The molecule has 0 N–H and O–H groups in total. The molecule has 0 bridgehead atoms. The molecule has 0 radical (unpaired) electrons. The van der Waals surface area contributed by atoms with E-state index >= 15 is 0 Å². The van der Waals surface area contributed by atoms with Gasteiger partial charge in [-0.15, -0.1) is 0 Å². The van der Waals surface area contributed by atoms with Crippen LogP contribution >= 0.6 is 23.6 Å². The van der Waals surface area contributed by atoms with E-state index in [0.717, 1.165) is 6.42 Å². The van der Waals surface area contributed by atoms with Crippen molar-refractivity contribution < 1.29 is 38.0 Å². The summed E-state index contributed by atoms with van der Waals surface area (Å²) >= 11 is 12.8. The Morgan fingerprint density at radius 1 is 0.465 bits per heavy atom. The number of hydrogen-bond donors (Lipinski definition) is 0. The molecule has 2 heterocycles. The number of amides is 2. The molecule has 12 nitrogen and oxygen atoms in total. The zero-order chi connectivity index (χ0) is 32.3. The van der Waals surface area contributed by atoms with Crippen LogP contribution in [0.3, 0.4) is 0 Å². The van der Waals surface area contributed by atoms with Gasteiger partial charge in [0.25, 0.3) is 0 Å². The molecule has 0 aliphatic carbocycles. The zero-order valence-electron chi connectivity index (χ0n) is 27.4. The van der Waals surface area contributed by atoms with Gasteiger partial charge >= 0.3 is 0 Å². The Hall–Kier alpha value is -0.800. The maximum atomic E-state index is 12.6. The van der Waals surface area contributed by atoms with E-state index in [4.69, 9.17) is 52.0 Å². The van der Waals surface area contributed by atoms with Gasteiger partial charge in [-0.3, -0.25) is 9.59 Å². The number of carbonyl (C=O) groups excluding carboxylic acids is 2. The predicted molar refractivity (Wildman–Crippen MR) is 165 cm³/mol. The molecule has 43 heavy (non-hydrogen) atoms. The minimum absolute atomic E-state index is 0.00253. The quantitative estimate of drug-likeness (QED) is 0.128. The Kier molecular flexibility index (Phi) is 15.4. The summed E-state index contributed by atoms with van der Waals surface area (Å²) in [5.74, 6) is -0.00620. The van der Waals surface area contributed by atoms with Crippen molar-refractivity contribution in [2.75, 3.05) is 92.4 Å². The molecule has 2 saturated heterocycles. The molecule has 0 aromatic heterocycles. The van der Waals surface area contributed by atoms with Crippen LogP contribution in [0.5, 0.6) is 0 Å². The lowest BCUT2D eigenvalue weighted by Gasteiger charge is -2.35. The number of hydrogen-bond acceptors (Lipinski definition) is 10. The molecule has 0 atom stereocenters. The SMILES string of the molecule is CC1(C)C(=O)N(CCOCCCOCCOCCOCCOCCOCCN2C(=O)C(C)(C)N(Cl)C2(C)C)C(C)(C)N1Cl. The number of carbonyl (C=O) groups is 2. The summed E-state index contributed by atoms with van der Waals surface area (Å²) in [5, 5.41) is 0. The van der Waals surface area contributed by atoms with E-state index in [1.807, 2.05) is 55.4 Å². The zero-order valence-corrected chi connectivity index (χ0v) is 28.9. The highest BCUT2D eigenvalue weighted by Gasteiger charge is 2.56. The van der Waals surface area contributed by atoms with Crippen LogP contribution in [0.2, 0.25) is 0 Å². The second kappa shape index (κ2) is 17.2. The van der Waals surface area contributed by atoms with Crippen LogP contribution in [0.4, 0.5) is 0 Å². The second-order valence-electron chi connectivity index (χ2n) is 12.6. The van der Waals surface area contributed by atoms with Crippen LogP contribution < -0.4 is 0 Å². The normalized spacial score (nSPS) is 21.4. The minimum atomic E-state index is -0.743. The van der Waals surface area contributed by atoms with Crippen molar-refractivity contribution >= 4 is 35.4 Å². The Labute approximate surface area is 268 Å². The maximum absolute atomic E-state index is 12.6. The third-order valence-electron chi connectivity index (χ3n) is 7.78. The lowest BCUT2D eigenvalue weighted by atomic mass is 10.1. The first-order chi connectivity index (χ1) is 20.1. The van der Waals surface area contributed by atoms with Gasteiger partial charge in [0, 0.05) is 26.3 Å². The second-order valence-corrected chi connectivity index (χ2v) is 13.3. The highest BCUT2D eigenvalue weighted by Crippen LogP contribution is 2.40. The molecule has 2 aliphatic heterocycles. The van der Waals surface area contributed by atoms with Crippen LogP contribution in [0.15, 0.2) is 0 Å². The van der Waals surface area contributed by atoms with Gasteiger partial charge in [-0.25, -0.2) is 0 Å². The van der Waals surface area contributed by atoms with Crippen molar-refractivity contribution in [3.05, 3.63) is 0 Å². The Morgan fingerprint density at radius 2 is 0.721 bits per heavy atom. The van der Waals surface area contributed by atoms with Gasteiger partial charge < -0.3 is 38.2 Å². The Bertz CT molecular complexity index is 809. The number of nitrogens with zero attached hydrogens (tertiary/aromatic N) is 4. The monoisotopic (exact) mass is 656 g/mol. The molecule has 2 rings (SSSR count). The molecule has 14 heteroatoms. The fourth-order valence-electron chi connectivity index (χ4n) is 5.31. The van der Waals surface area contributed by atoms with Crippen molar-refractivity contribution in [3.8, 4) is 0 Å². The lowest BCUT2D eigenvalue weighted by molar-refractivity contribution is -0.135. The van der Waals surface area contributed by atoms with E-state index in [-0.39, 0.29) is 11.8 Å². The van der Waals surface area contributed by atoms with Gasteiger partial charge in [0.15, 0.2) is 0 Å². The molecular formula is C29H54Cl2N4O8. The topological polar surface area (TPSA) is 102 Å². The highest BCUT2D eigenvalue weighted by atomic mass is 35.5. The van der Waals surface area contributed by atoms with Crippen LogP contribution in [0.25, 0.3) is 0 Å². The molecule has 0 aromatic carbocycles. The lowest BCUT2D eigenvalue weighted by Crippen LogP contribution is -2.47. The molecule has 0 aromatic rings. The van der Waals surface area contributed by atoms with Crippen molar-refractivity contribution in [2.24, 2.45) is 0 Å². The summed E-state index contributed by atoms with van der Waals surface area (Å²) in [6.45, 7) is 21.8. The van der Waals surface area contributed by atoms with Crippen LogP contribution in [0, 0.1) is 0 Å². The summed E-state index contributed by atoms with van der Waals surface area (Å²) in [6.07, 6.45) is 0.764. The van der Waals surface area contributed by atoms with Gasteiger partial charge in [0.2, 0.25) is 11.8 Å². The number of rotatable bonds is 22. The van der Waals surface area contributed by atoms with Crippen LogP contribution in [-0.2, 0) is 38.0 Å². The fourth-order valence-corrected chi connectivity index (χ4v) is 5.64. The molecule has 2 amide bonds. The van der Waals surface area contributed by atoms with Gasteiger partial charge in [-0.05, 0) is 85.4 Å². The van der Waals surface area contributed by atoms with E-state index in [0.29, 0.717) is 92.4 Å². The third kappa shape index (κ3) is 10.1. The molecule has 0 unspecified atom stereocenters. The van der Waals surface area contributed by atoms with Crippen molar-refractivity contribution in [1.29, 1.82) is 0 Å². The highest BCUT2D eigenvalue weighted by molar-refractivity contribution is 6.17. The molecule has 252 valence electrons. The maximum Gasteiger partial charge on any atom is 0.245 e. The summed E-state index contributed by atoms with van der Waals surface area (Å²) in [5.41, 5.74) is -2.62. The van der Waals surface area contributed by atoms with Crippen molar-refractivity contribution in [2.45, 2.75) is 84.2 Å². The van der Waals surface area contributed by atoms with Crippen molar-refractivity contribution in [1.82, 2.24) is 18.6 Å². The molecule has 0 spiro atoms. The molecule has 2 aliphatic rings. The number of ether oxygens (including phenoxy) is 6. The molecule has 0 saturated carbocycles. The largest absolute Gasteiger partial charge is 0.380 e. The fraction of sp³-hybridized carbons (Fsp3) is 0.931. The van der Waals surface area contributed by atoms with Gasteiger partial charge in [0.05, 0.1) is 66.1 Å². The molecular weight excluding hydrogens is 603 g/mol. The van der Waals surface area contributed by atoms with E-state index < -0.39 is 22.4 Å². The Morgan fingerprint density at radius 3 is 1.00 bits per heavy atom. The summed E-state index contributed by atoms with van der Waals surface area (Å²) in [4.78, 5) is 28.8. The standard InChI is InChI=1S/C29H54Cl2N4O8/c1-26(2)24(36)32(28(5,6)34(26)30)10-14-38-12-9-13-39-16-18-41-20-22-43-23-21-42-19-17-40-15-11-33-25(37)27(3,4)35(31)29(33,7)8/h9-23H2,1-8H3.